The number of nitrogens with one attached hydrogen (secondary N) is 1. The first kappa shape index (κ1) is 18.9. The van der Waals surface area contributed by atoms with Gasteiger partial charge in [-0.2, -0.15) is 0 Å². The van der Waals surface area contributed by atoms with Crippen molar-refractivity contribution in [3.63, 3.8) is 0 Å². The van der Waals surface area contributed by atoms with E-state index in [0.29, 0.717) is 23.8 Å². The van der Waals surface area contributed by atoms with E-state index < -0.39 is 0 Å². The molecule has 1 heterocycles. The Labute approximate surface area is 153 Å². The van der Waals surface area contributed by atoms with E-state index in [1.54, 1.807) is 17.3 Å². The van der Waals surface area contributed by atoms with Gasteiger partial charge in [-0.15, -0.1) is 0 Å². The Morgan fingerprint density at radius 3 is 2.48 bits per heavy atom. The monoisotopic (exact) mass is 359 g/mol. The molecule has 1 aromatic carbocycles. The summed E-state index contributed by atoms with van der Waals surface area (Å²) in [6.45, 7) is 6.15. The van der Waals surface area contributed by atoms with Gasteiger partial charge in [0.05, 0.1) is 10.7 Å². The predicted octanol–water partition coefficient (Wildman–Crippen LogP) is 3.73. The number of aromatic nitrogens is 1. The van der Waals surface area contributed by atoms with Crippen LogP contribution in [0.1, 0.15) is 30.0 Å². The first-order chi connectivity index (χ1) is 11.9. The zero-order chi connectivity index (χ0) is 18.4. The van der Waals surface area contributed by atoms with Gasteiger partial charge in [-0.05, 0) is 48.7 Å². The number of hydrogen-bond acceptors (Lipinski definition) is 3. The third-order valence-corrected chi connectivity index (χ3v) is 4.17. The summed E-state index contributed by atoms with van der Waals surface area (Å²) in [6.07, 6.45) is 3.57. The summed E-state index contributed by atoms with van der Waals surface area (Å²) in [5, 5.41) is 3.36. The summed E-state index contributed by atoms with van der Waals surface area (Å²) in [6, 6.07) is 7.49. The highest BCUT2D eigenvalue weighted by Gasteiger charge is 2.14. The number of hydrogen-bond donors (Lipinski definition) is 1. The molecule has 0 aliphatic heterocycles. The Morgan fingerprint density at radius 1 is 1.20 bits per heavy atom. The molecule has 25 heavy (non-hydrogen) atoms. The Kier molecular flexibility index (Phi) is 6.53. The molecule has 1 N–H and O–H groups in total. The van der Waals surface area contributed by atoms with Crippen LogP contribution in [0.5, 0.6) is 0 Å². The maximum atomic E-state index is 12.3. The first-order valence-corrected chi connectivity index (χ1v) is 8.45. The van der Waals surface area contributed by atoms with E-state index >= 15 is 0 Å². The van der Waals surface area contributed by atoms with Crippen molar-refractivity contribution in [2.75, 3.05) is 11.9 Å². The van der Waals surface area contributed by atoms with Crippen molar-refractivity contribution in [2.45, 2.75) is 33.7 Å². The molecule has 0 unspecified atom stereocenters. The highest BCUT2D eigenvalue weighted by Crippen LogP contribution is 2.27. The minimum atomic E-state index is -0.171. The molecule has 6 heteroatoms. The SMILES string of the molecule is CC(=O)N(CCC(=O)Nc1c(C)cc(C)cc1Cl)Cc1ccncc1. The molecule has 0 atom stereocenters. The van der Waals surface area contributed by atoms with Crippen molar-refractivity contribution >= 4 is 29.1 Å². The molecule has 0 aliphatic carbocycles. The Morgan fingerprint density at radius 2 is 1.88 bits per heavy atom. The van der Waals surface area contributed by atoms with E-state index in [9.17, 15) is 9.59 Å². The second-order valence-electron chi connectivity index (χ2n) is 6.03. The quantitative estimate of drug-likeness (QED) is 0.854. The van der Waals surface area contributed by atoms with Crippen LogP contribution in [0.15, 0.2) is 36.7 Å². The Hall–Kier alpha value is -2.40. The third kappa shape index (κ3) is 5.57. The normalized spacial score (nSPS) is 10.4. The first-order valence-electron chi connectivity index (χ1n) is 8.08. The van der Waals surface area contributed by atoms with Gasteiger partial charge in [-0.1, -0.05) is 17.7 Å². The van der Waals surface area contributed by atoms with Gasteiger partial charge in [0.25, 0.3) is 0 Å². The van der Waals surface area contributed by atoms with Crippen LogP contribution in [0, 0.1) is 13.8 Å². The van der Waals surface area contributed by atoms with Crippen LogP contribution < -0.4 is 5.32 Å². The van der Waals surface area contributed by atoms with Gasteiger partial charge >= 0.3 is 0 Å². The van der Waals surface area contributed by atoms with Crippen LogP contribution in [-0.2, 0) is 16.1 Å². The smallest absolute Gasteiger partial charge is 0.226 e. The fourth-order valence-electron chi connectivity index (χ4n) is 2.57. The molecule has 5 nitrogen and oxygen atoms in total. The van der Waals surface area contributed by atoms with Gasteiger partial charge in [0.2, 0.25) is 11.8 Å². The molecule has 0 aliphatic rings. The fraction of sp³-hybridized carbons (Fsp3) is 0.316. The molecular weight excluding hydrogens is 338 g/mol. The molecule has 2 aromatic rings. The summed E-state index contributed by atoms with van der Waals surface area (Å²) in [5.74, 6) is -0.246. The van der Waals surface area contributed by atoms with Gasteiger partial charge in [-0.3, -0.25) is 14.6 Å². The lowest BCUT2D eigenvalue weighted by molar-refractivity contribution is -0.129. The van der Waals surface area contributed by atoms with Crippen molar-refractivity contribution in [1.29, 1.82) is 0 Å². The summed E-state index contributed by atoms with van der Waals surface area (Å²) in [5.41, 5.74) is 3.56. The second-order valence-corrected chi connectivity index (χ2v) is 6.44. The molecule has 0 bridgehead atoms. The maximum absolute atomic E-state index is 12.3. The number of carbonyl (C=O) groups is 2. The number of nitrogens with zero attached hydrogens (tertiary/aromatic N) is 2. The molecular formula is C19H22ClN3O2. The van der Waals surface area contributed by atoms with Crippen molar-refractivity contribution < 1.29 is 9.59 Å². The lowest BCUT2D eigenvalue weighted by atomic mass is 10.1. The average Bonchev–Trinajstić information content (AvgIpc) is 2.55. The third-order valence-electron chi connectivity index (χ3n) is 3.87. The van der Waals surface area contributed by atoms with Crippen LogP contribution in [-0.4, -0.2) is 28.2 Å². The van der Waals surface area contributed by atoms with E-state index in [1.807, 2.05) is 38.1 Å². The van der Waals surface area contributed by atoms with Crippen molar-refractivity contribution in [1.82, 2.24) is 9.88 Å². The van der Waals surface area contributed by atoms with Crippen LogP contribution in [0.2, 0.25) is 5.02 Å². The van der Waals surface area contributed by atoms with E-state index in [0.717, 1.165) is 16.7 Å². The molecule has 0 spiro atoms. The van der Waals surface area contributed by atoms with Crippen LogP contribution >= 0.6 is 11.6 Å². The van der Waals surface area contributed by atoms with Gasteiger partial charge < -0.3 is 10.2 Å². The number of benzene rings is 1. The van der Waals surface area contributed by atoms with E-state index in [1.165, 1.54) is 6.92 Å². The second kappa shape index (κ2) is 8.62. The number of rotatable bonds is 6. The standard InChI is InChI=1S/C19H22ClN3O2/c1-13-10-14(2)19(17(20)11-13)22-18(25)6-9-23(15(3)24)12-16-4-7-21-8-5-16/h4-5,7-8,10-11H,6,9,12H2,1-3H3,(H,22,25). The fourth-order valence-corrected chi connectivity index (χ4v) is 2.94. The Bertz CT molecular complexity index is 740. The molecule has 1 aromatic heterocycles. The molecule has 2 rings (SSSR count). The van der Waals surface area contributed by atoms with E-state index in [-0.39, 0.29) is 18.2 Å². The number of amides is 2. The zero-order valence-corrected chi connectivity index (χ0v) is 15.4. The minimum absolute atomic E-state index is 0.0749. The summed E-state index contributed by atoms with van der Waals surface area (Å²) in [7, 11) is 0. The van der Waals surface area contributed by atoms with Crippen molar-refractivity contribution in [2.24, 2.45) is 0 Å². The number of carbonyl (C=O) groups excluding carboxylic acids is 2. The number of halogens is 1. The van der Waals surface area contributed by atoms with Crippen LogP contribution in [0.25, 0.3) is 0 Å². The number of anilines is 1. The lowest BCUT2D eigenvalue weighted by Crippen LogP contribution is -2.31. The lowest BCUT2D eigenvalue weighted by Gasteiger charge is -2.21. The van der Waals surface area contributed by atoms with Crippen LogP contribution in [0.3, 0.4) is 0 Å². The van der Waals surface area contributed by atoms with Crippen molar-refractivity contribution in [3.8, 4) is 0 Å². The maximum Gasteiger partial charge on any atom is 0.226 e. The van der Waals surface area contributed by atoms with Gasteiger partial charge in [-0.25, -0.2) is 0 Å². The minimum Gasteiger partial charge on any atom is -0.338 e. The molecule has 0 radical (unpaired) electrons. The van der Waals surface area contributed by atoms with Crippen LogP contribution in [0.4, 0.5) is 5.69 Å². The topological polar surface area (TPSA) is 62.3 Å². The Balaban J connectivity index is 1.96. The summed E-state index contributed by atoms with van der Waals surface area (Å²) >= 11 is 6.21. The largest absolute Gasteiger partial charge is 0.338 e. The van der Waals surface area contributed by atoms with Crippen molar-refractivity contribution in [3.05, 3.63) is 58.4 Å². The predicted molar refractivity (Wildman–Crippen MR) is 99.5 cm³/mol. The van der Waals surface area contributed by atoms with E-state index in [2.05, 4.69) is 10.3 Å². The highest BCUT2D eigenvalue weighted by molar-refractivity contribution is 6.34. The molecule has 0 saturated carbocycles. The van der Waals surface area contributed by atoms with Gasteiger partial charge in [0.15, 0.2) is 0 Å². The number of pyridine rings is 1. The van der Waals surface area contributed by atoms with Gasteiger partial charge in [0, 0.05) is 38.8 Å². The highest BCUT2D eigenvalue weighted by atomic mass is 35.5. The molecule has 2 amide bonds. The molecule has 0 saturated heterocycles. The average molecular weight is 360 g/mol. The molecule has 132 valence electrons. The number of aryl methyl sites for hydroxylation is 2. The zero-order valence-electron chi connectivity index (χ0n) is 14.7. The van der Waals surface area contributed by atoms with Gasteiger partial charge in [0.1, 0.15) is 0 Å². The summed E-state index contributed by atoms with van der Waals surface area (Å²) in [4.78, 5) is 29.7. The van der Waals surface area contributed by atoms with E-state index in [4.69, 9.17) is 11.6 Å². The molecule has 0 fully saturated rings. The summed E-state index contributed by atoms with van der Waals surface area (Å²) < 4.78 is 0.